The summed E-state index contributed by atoms with van der Waals surface area (Å²) in [5.41, 5.74) is -0.176. The molecule has 22 heavy (non-hydrogen) atoms. The number of hydrogen-bond acceptors (Lipinski definition) is 5. The van der Waals surface area contributed by atoms with Gasteiger partial charge in [0.25, 0.3) is 11.6 Å². The summed E-state index contributed by atoms with van der Waals surface area (Å²) in [5.74, 6) is -0.937. The highest BCUT2D eigenvalue weighted by molar-refractivity contribution is 5.80. The van der Waals surface area contributed by atoms with Crippen LogP contribution in [0.15, 0.2) is 18.2 Å². The van der Waals surface area contributed by atoms with Crippen molar-refractivity contribution in [3.8, 4) is 0 Å². The van der Waals surface area contributed by atoms with Crippen LogP contribution in [0, 0.1) is 15.9 Å². The fourth-order valence-corrected chi connectivity index (χ4v) is 2.49. The molecule has 1 saturated heterocycles. The maximum absolute atomic E-state index is 13.8. The highest BCUT2D eigenvalue weighted by Crippen LogP contribution is 2.23. The third-order valence-electron chi connectivity index (χ3n) is 3.71. The van der Waals surface area contributed by atoms with Crippen molar-refractivity contribution in [2.75, 3.05) is 26.2 Å². The van der Waals surface area contributed by atoms with E-state index in [0.717, 1.165) is 0 Å². The van der Waals surface area contributed by atoms with Crippen molar-refractivity contribution < 1.29 is 19.2 Å². The van der Waals surface area contributed by atoms with Crippen LogP contribution in [0.5, 0.6) is 0 Å². The normalized spacial score (nSPS) is 17.3. The number of halogens is 1. The van der Waals surface area contributed by atoms with Crippen molar-refractivity contribution in [2.24, 2.45) is 0 Å². The second kappa shape index (κ2) is 6.80. The van der Waals surface area contributed by atoms with Crippen LogP contribution in [0.3, 0.4) is 0 Å². The molecular weight excluding hydrogens is 293 g/mol. The molecule has 1 aromatic carbocycles. The molecule has 0 aliphatic carbocycles. The summed E-state index contributed by atoms with van der Waals surface area (Å²) in [4.78, 5) is 25.4. The van der Waals surface area contributed by atoms with E-state index in [4.69, 9.17) is 0 Å². The zero-order valence-corrected chi connectivity index (χ0v) is 12.2. The summed E-state index contributed by atoms with van der Waals surface area (Å²) < 4.78 is 13.8. The number of aliphatic hydroxyl groups excluding tert-OH is 1. The molecule has 1 aliphatic rings. The van der Waals surface area contributed by atoms with Gasteiger partial charge in [-0.25, -0.2) is 4.39 Å². The maximum Gasteiger partial charge on any atom is 0.276 e. The van der Waals surface area contributed by atoms with E-state index in [-0.39, 0.29) is 23.7 Å². The number of carbonyl (C=O) groups excluding carboxylic acids is 1. The lowest BCUT2D eigenvalue weighted by Gasteiger charge is -2.35. The molecule has 0 spiro atoms. The monoisotopic (exact) mass is 311 g/mol. The molecule has 8 heteroatoms. The molecule has 7 nitrogen and oxygen atoms in total. The predicted molar refractivity (Wildman–Crippen MR) is 76.6 cm³/mol. The first-order valence-electron chi connectivity index (χ1n) is 7.01. The number of hydrogen-bond donors (Lipinski definition) is 1. The smallest absolute Gasteiger partial charge is 0.276 e. The van der Waals surface area contributed by atoms with Gasteiger partial charge in [-0.3, -0.25) is 19.8 Å². The van der Waals surface area contributed by atoms with E-state index < -0.39 is 16.8 Å². The van der Waals surface area contributed by atoms with Gasteiger partial charge in [-0.05, 0) is 13.0 Å². The Labute approximate surface area is 127 Å². The van der Waals surface area contributed by atoms with Gasteiger partial charge in [0, 0.05) is 38.8 Å². The van der Waals surface area contributed by atoms with Crippen LogP contribution < -0.4 is 0 Å². The van der Waals surface area contributed by atoms with Crippen LogP contribution >= 0.6 is 0 Å². The molecule has 120 valence electrons. The highest BCUT2D eigenvalue weighted by Gasteiger charge is 2.26. The van der Waals surface area contributed by atoms with Crippen LogP contribution in [0.1, 0.15) is 12.5 Å². The summed E-state index contributed by atoms with van der Waals surface area (Å²) >= 11 is 0. The number of benzene rings is 1. The van der Waals surface area contributed by atoms with Gasteiger partial charge in [0.15, 0.2) is 0 Å². The minimum absolute atomic E-state index is 0.0582. The van der Waals surface area contributed by atoms with E-state index in [2.05, 4.69) is 0 Å². The summed E-state index contributed by atoms with van der Waals surface area (Å²) in [6.45, 7) is 3.31. The van der Waals surface area contributed by atoms with E-state index in [1.807, 2.05) is 4.90 Å². The Hall–Kier alpha value is -2.06. The van der Waals surface area contributed by atoms with Crippen molar-refractivity contribution in [3.05, 3.63) is 39.7 Å². The molecule has 1 aliphatic heterocycles. The zero-order chi connectivity index (χ0) is 16.3. The Morgan fingerprint density at radius 1 is 1.41 bits per heavy atom. The van der Waals surface area contributed by atoms with Gasteiger partial charge in [0.05, 0.1) is 10.5 Å². The third-order valence-corrected chi connectivity index (χ3v) is 3.71. The number of piperazine rings is 1. The van der Waals surface area contributed by atoms with E-state index >= 15 is 0 Å². The topological polar surface area (TPSA) is 86.9 Å². The molecule has 1 amide bonds. The third kappa shape index (κ3) is 3.58. The second-order valence-corrected chi connectivity index (χ2v) is 5.27. The fourth-order valence-electron chi connectivity index (χ4n) is 2.49. The molecule has 0 bridgehead atoms. The van der Waals surface area contributed by atoms with Gasteiger partial charge < -0.3 is 10.0 Å². The molecule has 1 aromatic rings. The Balaban J connectivity index is 2.03. The Morgan fingerprint density at radius 2 is 2.05 bits per heavy atom. The predicted octanol–water partition coefficient (Wildman–Crippen LogP) is 0.759. The minimum Gasteiger partial charge on any atom is -0.384 e. The summed E-state index contributed by atoms with van der Waals surface area (Å²) in [5, 5.41) is 20.3. The molecule has 1 unspecified atom stereocenters. The van der Waals surface area contributed by atoms with E-state index in [9.17, 15) is 24.4 Å². The van der Waals surface area contributed by atoms with Gasteiger partial charge in [-0.15, -0.1) is 0 Å². The fraction of sp³-hybridized carbons (Fsp3) is 0.500. The molecular formula is C14H18FN3O4. The first-order chi connectivity index (χ1) is 10.4. The number of nitro benzene ring substituents is 1. The Morgan fingerprint density at radius 3 is 2.59 bits per heavy atom. The van der Waals surface area contributed by atoms with Gasteiger partial charge in [-0.2, -0.15) is 0 Å². The quantitative estimate of drug-likeness (QED) is 0.655. The molecule has 0 saturated carbocycles. The largest absolute Gasteiger partial charge is 0.384 e. The van der Waals surface area contributed by atoms with Crippen molar-refractivity contribution in [2.45, 2.75) is 19.6 Å². The minimum atomic E-state index is -1.04. The van der Waals surface area contributed by atoms with Gasteiger partial charge in [0.1, 0.15) is 11.9 Å². The van der Waals surface area contributed by atoms with E-state index in [1.54, 1.807) is 0 Å². The molecule has 1 heterocycles. The maximum atomic E-state index is 13.8. The Bertz CT molecular complexity index is 571. The molecule has 1 fully saturated rings. The van der Waals surface area contributed by atoms with E-state index in [1.165, 1.54) is 30.0 Å². The lowest BCUT2D eigenvalue weighted by atomic mass is 10.1. The zero-order valence-electron chi connectivity index (χ0n) is 12.2. The highest BCUT2D eigenvalue weighted by atomic mass is 19.1. The first-order valence-corrected chi connectivity index (χ1v) is 7.01. The standard InChI is InChI=1S/C14H18FN3O4/c1-10(19)14(20)17-7-5-16(6-8-17)9-11-12(15)3-2-4-13(11)18(21)22/h2-4,10,19H,5-9H2,1H3. The molecule has 0 radical (unpaired) electrons. The van der Waals surface area contributed by atoms with Crippen LogP contribution in [0.4, 0.5) is 10.1 Å². The average Bonchev–Trinajstić information content (AvgIpc) is 2.49. The first kappa shape index (κ1) is 16.3. The summed E-state index contributed by atoms with van der Waals surface area (Å²) in [6.07, 6.45) is -1.04. The van der Waals surface area contributed by atoms with E-state index in [0.29, 0.717) is 26.2 Å². The number of nitro groups is 1. The van der Waals surface area contributed by atoms with Crippen LogP contribution in [0.25, 0.3) is 0 Å². The SMILES string of the molecule is CC(O)C(=O)N1CCN(Cc2c(F)cccc2[N+](=O)[O-])CC1. The number of carbonyl (C=O) groups is 1. The number of amides is 1. The second-order valence-electron chi connectivity index (χ2n) is 5.27. The number of rotatable bonds is 4. The lowest BCUT2D eigenvalue weighted by molar-refractivity contribution is -0.386. The van der Waals surface area contributed by atoms with Crippen molar-refractivity contribution in [3.63, 3.8) is 0 Å². The molecule has 1 N–H and O–H groups in total. The van der Waals surface area contributed by atoms with Crippen molar-refractivity contribution in [1.29, 1.82) is 0 Å². The van der Waals surface area contributed by atoms with Crippen LogP contribution in [-0.4, -0.2) is 58.0 Å². The number of nitrogens with zero attached hydrogens (tertiary/aromatic N) is 3. The van der Waals surface area contributed by atoms with Crippen molar-refractivity contribution in [1.82, 2.24) is 9.80 Å². The van der Waals surface area contributed by atoms with Crippen LogP contribution in [-0.2, 0) is 11.3 Å². The number of aliphatic hydroxyl groups is 1. The molecule has 0 aromatic heterocycles. The molecule has 1 atom stereocenters. The van der Waals surface area contributed by atoms with Crippen LogP contribution in [0.2, 0.25) is 0 Å². The Kier molecular flexibility index (Phi) is 5.04. The average molecular weight is 311 g/mol. The molecule has 2 rings (SSSR count). The van der Waals surface area contributed by atoms with Gasteiger partial charge >= 0.3 is 0 Å². The summed E-state index contributed by atoms with van der Waals surface area (Å²) in [7, 11) is 0. The van der Waals surface area contributed by atoms with Crippen molar-refractivity contribution >= 4 is 11.6 Å². The summed E-state index contributed by atoms with van der Waals surface area (Å²) in [6, 6.07) is 3.80. The van der Waals surface area contributed by atoms with Gasteiger partial charge in [0.2, 0.25) is 0 Å². The lowest BCUT2D eigenvalue weighted by Crippen LogP contribution is -2.50. The van der Waals surface area contributed by atoms with Gasteiger partial charge in [-0.1, -0.05) is 6.07 Å².